The lowest BCUT2D eigenvalue weighted by atomic mass is 10.0. The lowest BCUT2D eigenvalue weighted by Crippen LogP contribution is -1.99. The number of rotatable bonds is 3. The summed E-state index contributed by atoms with van der Waals surface area (Å²) >= 11 is 0. The maximum absolute atomic E-state index is 10.5. The van der Waals surface area contributed by atoms with Crippen LogP contribution in [0.1, 0.15) is 26.3 Å². The van der Waals surface area contributed by atoms with Crippen LogP contribution in [0.3, 0.4) is 0 Å². The van der Waals surface area contributed by atoms with Crippen LogP contribution in [0, 0.1) is 21.4 Å². The van der Waals surface area contributed by atoms with Gasteiger partial charge in [-0.2, -0.15) is 5.26 Å². The normalized spacial score (nSPS) is 9.00. The molecule has 0 amide bonds. The zero-order valence-electron chi connectivity index (χ0n) is 7.34. The van der Waals surface area contributed by atoms with Crippen molar-refractivity contribution >= 4 is 18.3 Å². The van der Waals surface area contributed by atoms with Crippen LogP contribution in [-0.4, -0.2) is 17.5 Å². The number of hydrogen-bond donors (Lipinski definition) is 0. The van der Waals surface area contributed by atoms with Crippen LogP contribution in [0.4, 0.5) is 5.69 Å². The monoisotopic (exact) mass is 204 g/mol. The van der Waals surface area contributed by atoms with E-state index in [0.29, 0.717) is 12.6 Å². The molecule has 0 N–H and O–H groups in total. The van der Waals surface area contributed by atoms with Gasteiger partial charge < -0.3 is 0 Å². The maximum atomic E-state index is 10.5. The molecule has 74 valence electrons. The Kier molecular flexibility index (Phi) is 2.88. The highest BCUT2D eigenvalue weighted by atomic mass is 16.6. The van der Waals surface area contributed by atoms with Crippen LogP contribution in [0.2, 0.25) is 0 Å². The molecule has 6 nitrogen and oxygen atoms in total. The Morgan fingerprint density at radius 1 is 1.33 bits per heavy atom. The van der Waals surface area contributed by atoms with Gasteiger partial charge in [0.05, 0.1) is 4.92 Å². The van der Waals surface area contributed by atoms with E-state index in [0.717, 1.165) is 12.1 Å². The van der Waals surface area contributed by atoms with Crippen molar-refractivity contribution in [3.63, 3.8) is 0 Å². The molecule has 0 saturated carbocycles. The van der Waals surface area contributed by atoms with Crippen LogP contribution in [-0.2, 0) is 0 Å². The van der Waals surface area contributed by atoms with Crippen molar-refractivity contribution in [1.29, 1.82) is 5.26 Å². The molecule has 0 aliphatic heterocycles. The Morgan fingerprint density at radius 2 is 2.00 bits per heavy atom. The van der Waals surface area contributed by atoms with E-state index in [1.165, 1.54) is 0 Å². The van der Waals surface area contributed by atoms with Crippen molar-refractivity contribution in [3.05, 3.63) is 38.9 Å². The largest absolute Gasteiger partial charge is 0.298 e. The zero-order valence-corrected chi connectivity index (χ0v) is 7.34. The van der Waals surface area contributed by atoms with Gasteiger partial charge in [0, 0.05) is 17.2 Å². The molecule has 0 saturated heterocycles. The molecule has 0 bridgehead atoms. The lowest BCUT2D eigenvalue weighted by Gasteiger charge is -1.98. The first kappa shape index (κ1) is 10.5. The summed E-state index contributed by atoms with van der Waals surface area (Å²) < 4.78 is 0. The quantitative estimate of drug-likeness (QED) is 0.416. The van der Waals surface area contributed by atoms with E-state index in [-0.39, 0.29) is 16.7 Å². The molecule has 0 heterocycles. The Morgan fingerprint density at radius 3 is 2.40 bits per heavy atom. The van der Waals surface area contributed by atoms with E-state index in [1.54, 1.807) is 6.07 Å². The average molecular weight is 204 g/mol. The molecule has 0 fully saturated rings. The van der Waals surface area contributed by atoms with Crippen molar-refractivity contribution in [3.8, 4) is 6.07 Å². The molecule has 0 atom stereocenters. The molecule has 1 rings (SSSR count). The maximum Gasteiger partial charge on any atom is 0.288 e. The summed E-state index contributed by atoms with van der Waals surface area (Å²) in [6, 6.07) is 3.65. The fourth-order valence-corrected chi connectivity index (χ4v) is 1.10. The van der Waals surface area contributed by atoms with E-state index in [4.69, 9.17) is 5.26 Å². The highest BCUT2D eigenvalue weighted by Crippen LogP contribution is 2.22. The summed E-state index contributed by atoms with van der Waals surface area (Å²) in [4.78, 5) is 30.7. The van der Waals surface area contributed by atoms with Gasteiger partial charge in [0.15, 0.2) is 6.29 Å². The van der Waals surface area contributed by atoms with Gasteiger partial charge >= 0.3 is 0 Å². The summed E-state index contributed by atoms with van der Waals surface area (Å²) in [5, 5.41) is 19.2. The molecule has 0 aliphatic carbocycles. The van der Waals surface area contributed by atoms with Crippen molar-refractivity contribution < 1.29 is 14.5 Å². The summed E-state index contributed by atoms with van der Waals surface area (Å²) in [6.07, 6.45) is 0.680. The third-order valence-electron chi connectivity index (χ3n) is 1.74. The molecule has 1 aromatic carbocycles. The van der Waals surface area contributed by atoms with Crippen LogP contribution < -0.4 is 0 Å². The SMILES string of the molecule is N#Cc1c(C=O)cc(C=O)cc1[N+](=O)[O-]. The van der Waals surface area contributed by atoms with Crippen LogP contribution in [0.15, 0.2) is 12.1 Å². The first-order chi connectivity index (χ1) is 7.13. The number of nitrogens with zero attached hydrogens (tertiary/aromatic N) is 2. The van der Waals surface area contributed by atoms with E-state index in [9.17, 15) is 19.7 Å². The molecule has 0 unspecified atom stereocenters. The number of nitro benzene ring substituents is 1. The Hall–Kier alpha value is -2.55. The molecule has 1 aromatic rings. The van der Waals surface area contributed by atoms with Gasteiger partial charge in [-0.25, -0.2) is 0 Å². The molecular formula is C9H4N2O4. The molecular weight excluding hydrogens is 200 g/mol. The van der Waals surface area contributed by atoms with Gasteiger partial charge in [0.25, 0.3) is 5.69 Å². The number of benzene rings is 1. The number of nitriles is 1. The average Bonchev–Trinajstić information content (AvgIpc) is 2.26. The van der Waals surface area contributed by atoms with Gasteiger partial charge in [-0.05, 0) is 6.07 Å². The lowest BCUT2D eigenvalue weighted by molar-refractivity contribution is -0.385. The summed E-state index contributed by atoms with van der Waals surface area (Å²) in [7, 11) is 0. The molecule has 0 spiro atoms. The minimum atomic E-state index is -0.807. The molecule has 0 aliphatic rings. The summed E-state index contributed by atoms with van der Waals surface area (Å²) in [5.41, 5.74) is -1.04. The van der Waals surface area contributed by atoms with Gasteiger partial charge in [-0.3, -0.25) is 19.7 Å². The van der Waals surface area contributed by atoms with Crippen LogP contribution >= 0.6 is 0 Å². The smallest absolute Gasteiger partial charge is 0.288 e. The Balaban J connectivity index is 3.61. The van der Waals surface area contributed by atoms with Crippen molar-refractivity contribution in [2.24, 2.45) is 0 Å². The van der Waals surface area contributed by atoms with Crippen molar-refractivity contribution in [1.82, 2.24) is 0 Å². The highest BCUT2D eigenvalue weighted by molar-refractivity contribution is 5.87. The summed E-state index contributed by atoms with van der Waals surface area (Å²) in [6.45, 7) is 0. The fraction of sp³-hybridized carbons (Fsp3) is 0. The Labute approximate surface area is 83.9 Å². The standard InChI is InChI=1S/C9H4N2O4/c10-3-8-7(5-13)1-6(4-12)2-9(8)11(14)15/h1-2,4-5H. The fourth-order valence-electron chi connectivity index (χ4n) is 1.10. The first-order valence-electron chi connectivity index (χ1n) is 3.77. The van der Waals surface area contributed by atoms with E-state index >= 15 is 0 Å². The van der Waals surface area contributed by atoms with Crippen molar-refractivity contribution in [2.75, 3.05) is 0 Å². The third-order valence-corrected chi connectivity index (χ3v) is 1.74. The topological polar surface area (TPSA) is 101 Å². The van der Waals surface area contributed by atoms with Gasteiger partial charge in [0.1, 0.15) is 17.9 Å². The van der Waals surface area contributed by atoms with Crippen molar-refractivity contribution in [2.45, 2.75) is 0 Å². The van der Waals surface area contributed by atoms with E-state index in [1.807, 2.05) is 0 Å². The van der Waals surface area contributed by atoms with E-state index < -0.39 is 10.6 Å². The molecule has 6 heteroatoms. The summed E-state index contributed by atoms with van der Waals surface area (Å²) in [5.74, 6) is 0. The number of nitro groups is 1. The van der Waals surface area contributed by atoms with Gasteiger partial charge in [0.2, 0.25) is 0 Å². The minimum Gasteiger partial charge on any atom is -0.298 e. The number of carbonyl (C=O) groups excluding carboxylic acids is 2. The molecule has 15 heavy (non-hydrogen) atoms. The Bertz CT molecular complexity index is 488. The molecule has 0 aromatic heterocycles. The predicted molar refractivity (Wildman–Crippen MR) is 48.6 cm³/mol. The second-order valence-electron chi connectivity index (χ2n) is 2.61. The molecule has 0 radical (unpaired) electrons. The highest BCUT2D eigenvalue weighted by Gasteiger charge is 2.18. The van der Waals surface area contributed by atoms with Gasteiger partial charge in [-0.1, -0.05) is 0 Å². The zero-order chi connectivity index (χ0) is 11.4. The second kappa shape index (κ2) is 4.11. The second-order valence-corrected chi connectivity index (χ2v) is 2.61. The predicted octanol–water partition coefficient (Wildman–Crippen LogP) is 1.09. The number of aldehydes is 2. The number of hydrogen-bond acceptors (Lipinski definition) is 5. The minimum absolute atomic E-state index is 0.0113. The van der Waals surface area contributed by atoms with Gasteiger partial charge in [-0.15, -0.1) is 0 Å². The third kappa shape index (κ3) is 1.86. The van der Waals surface area contributed by atoms with Crippen LogP contribution in [0.5, 0.6) is 0 Å². The first-order valence-corrected chi connectivity index (χ1v) is 3.77. The number of carbonyl (C=O) groups is 2. The van der Waals surface area contributed by atoms with E-state index in [2.05, 4.69) is 0 Å². The van der Waals surface area contributed by atoms with Crippen LogP contribution in [0.25, 0.3) is 0 Å².